The quantitative estimate of drug-likeness (QED) is 0.646. The Labute approximate surface area is 87.7 Å². The zero-order valence-corrected chi connectivity index (χ0v) is 9.88. The molecule has 0 aromatic rings. The SMILES string of the molecule is CC(C)(CO)C/C=C\CC(C)(C)CO. The summed E-state index contributed by atoms with van der Waals surface area (Å²) in [5, 5.41) is 18.1. The third-order valence-corrected chi connectivity index (χ3v) is 2.36. The highest BCUT2D eigenvalue weighted by Crippen LogP contribution is 2.22. The van der Waals surface area contributed by atoms with Crippen LogP contribution in [-0.2, 0) is 0 Å². The average molecular weight is 200 g/mol. The molecule has 0 aromatic heterocycles. The maximum Gasteiger partial charge on any atom is 0.0485 e. The molecule has 0 aliphatic heterocycles. The fourth-order valence-corrected chi connectivity index (χ4v) is 0.934. The van der Waals surface area contributed by atoms with Crippen LogP contribution in [0.1, 0.15) is 40.5 Å². The second-order valence-electron chi connectivity index (χ2n) is 5.52. The predicted molar refractivity (Wildman–Crippen MR) is 60.1 cm³/mol. The van der Waals surface area contributed by atoms with Crippen molar-refractivity contribution in [3.05, 3.63) is 12.2 Å². The summed E-state index contributed by atoms with van der Waals surface area (Å²) in [5.41, 5.74) is -0.0558. The molecule has 2 heteroatoms. The molecule has 0 rings (SSSR count). The van der Waals surface area contributed by atoms with Crippen LogP contribution in [-0.4, -0.2) is 23.4 Å². The summed E-state index contributed by atoms with van der Waals surface area (Å²) in [6.07, 6.45) is 5.94. The minimum Gasteiger partial charge on any atom is -0.396 e. The summed E-state index contributed by atoms with van der Waals surface area (Å²) in [6.45, 7) is 8.56. The molecule has 2 N–H and O–H groups in total. The van der Waals surface area contributed by atoms with Crippen molar-refractivity contribution in [1.82, 2.24) is 0 Å². The largest absolute Gasteiger partial charge is 0.396 e. The second-order valence-corrected chi connectivity index (χ2v) is 5.52. The zero-order valence-electron chi connectivity index (χ0n) is 9.88. The van der Waals surface area contributed by atoms with Gasteiger partial charge in [0.2, 0.25) is 0 Å². The van der Waals surface area contributed by atoms with Gasteiger partial charge in [-0.1, -0.05) is 39.8 Å². The maximum absolute atomic E-state index is 9.03. The summed E-state index contributed by atoms with van der Waals surface area (Å²) in [6, 6.07) is 0. The van der Waals surface area contributed by atoms with Crippen molar-refractivity contribution >= 4 is 0 Å². The lowest BCUT2D eigenvalue weighted by atomic mass is 9.87. The molecule has 14 heavy (non-hydrogen) atoms. The molecule has 0 heterocycles. The van der Waals surface area contributed by atoms with Crippen molar-refractivity contribution in [1.29, 1.82) is 0 Å². The Kier molecular flexibility index (Phi) is 5.38. The van der Waals surface area contributed by atoms with Crippen molar-refractivity contribution in [2.24, 2.45) is 10.8 Å². The Morgan fingerprint density at radius 1 is 0.786 bits per heavy atom. The number of aliphatic hydroxyl groups is 2. The van der Waals surface area contributed by atoms with Crippen molar-refractivity contribution in [3.8, 4) is 0 Å². The maximum atomic E-state index is 9.03. The van der Waals surface area contributed by atoms with Crippen molar-refractivity contribution in [2.45, 2.75) is 40.5 Å². The molecule has 0 atom stereocenters. The van der Waals surface area contributed by atoms with Gasteiger partial charge in [-0.25, -0.2) is 0 Å². The standard InChI is InChI=1S/C12H24O2/c1-11(2,9-13)7-5-6-8-12(3,4)10-14/h5-6,13-14H,7-10H2,1-4H3/b6-5-. The second kappa shape index (κ2) is 5.52. The van der Waals surface area contributed by atoms with Crippen LogP contribution in [0.4, 0.5) is 0 Å². The van der Waals surface area contributed by atoms with Gasteiger partial charge < -0.3 is 10.2 Å². The molecule has 0 saturated heterocycles. The Balaban J connectivity index is 3.86. The van der Waals surface area contributed by atoms with Crippen LogP contribution in [0, 0.1) is 10.8 Å². The van der Waals surface area contributed by atoms with Crippen LogP contribution in [0.15, 0.2) is 12.2 Å². The van der Waals surface area contributed by atoms with E-state index in [1.165, 1.54) is 0 Å². The van der Waals surface area contributed by atoms with E-state index in [2.05, 4.69) is 12.2 Å². The van der Waals surface area contributed by atoms with E-state index in [4.69, 9.17) is 10.2 Å². The molecule has 0 aliphatic rings. The monoisotopic (exact) mass is 200 g/mol. The van der Waals surface area contributed by atoms with Gasteiger partial charge in [-0.05, 0) is 23.7 Å². The molecule has 0 aromatic carbocycles. The Bertz CT molecular complexity index is 161. The molecule has 0 spiro atoms. The molecule has 0 saturated carbocycles. The highest BCUT2D eigenvalue weighted by atomic mass is 16.3. The first kappa shape index (κ1) is 13.7. The van der Waals surface area contributed by atoms with Crippen LogP contribution >= 0.6 is 0 Å². The molecule has 0 radical (unpaired) electrons. The summed E-state index contributed by atoms with van der Waals surface area (Å²) >= 11 is 0. The van der Waals surface area contributed by atoms with Crippen LogP contribution in [0.5, 0.6) is 0 Å². The first-order valence-corrected chi connectivity index (χ1v) is 5.20. The minimum atomic E-state index is -0.0279. The predicted octanol–water partition coefficient (Wildman–Crippen LogP) is 2.36. The van der Waals surface area contributed by atoms with Crippen molar-refractivity contribution < 1.29 is 10.2 Å². The lowest BCUT2D eigenvalue weighted by Crippen LogP contribution is -2.16. The van der Waals surface area contributed by atoms with E-state index in [1.807, 2.05) is 27.7 Å². The first-order chi connectivity index (χ1) is 6.33. The van der Waals surface area contributed by atoms with Crippen molar-refractivity contribution in [2.75, 3.05) is 13.2 Å². The summed E-state index contributed by atoms with van der Waals surface area (Å²) in [4.78, 5) is 0. The van der Waals surface area contributed by atoms with Gasteiger partial charge in [0.1, 0.15) is 0 Å². The van der Waals surface area contributed by atoms with E-state index < -0.39 is 0 Å². The number of rotatable bonds is 6. The first-order valence-electron chi connectivity index (χ1n) is 5.20. The minimum absolute atomic E-state index is 0.0279. The van der Waals surface area contributed by atoms with Crippen LogP contribution in [0.3, 0.4) is 0 Å². The van der Waals surface area contributed by atoms with E-state index in [1.54, 1.807) is 0 Å². The lowest BCUT2D eigenvalue weighted by molar-refractivity contribution is 0.158. The van der Waals surface area contributed by atoms with Crippen LogP contribution in [0.25, 0.3) is 0 Å². The smallest absolute Gasteiger partial charge is 0.0485 e. The topological polar surface area (TPSA) is 40.5 Å². The van der Waals surface area contributed by atoms with E-state index in [0.717, 1.165) is 12.8 Å². The molecule has 0 bridgehead atoms. The highest BCUT2D eigenvalue weighted by Gasteiger charge is 2.15. The van der Waals surface area contributed by atoms with E-state index >= 15 is 0 Å². The van der Waals surface area contributed by atoms with E-state index in [0.29, 0.717) is 0 Å². The number of allylic oxidation sites excluding steroid dienone is 2. The molecule has 0 aliphatic carbocycles. The Hall–Kier alpha value is -0.340. The van der Waals surface area contributed by atoms with Gasteiger partial charge in [0.25, 0.3) is 0 Å². The van der Waals surface area contributed by atoms with Crippen molar-refractivity contribution in [3.63, 3.8) is 0 Å². The fourth-order valence-electron chi connectivity index (χ4n) is 0.934. The summed E-state index contributed by atoms with van der Waals surface area (Å²) in [7, 11) is 0. The normalized spacial score (nSPS) is 13.9. The van der Waals surface area contributed by atoms with Crippen LogP contribution < -0.4 is 0 Å². The number of hydrogen-bond donors (Lipinski definition) is 2. The van der Waals surface area contributed by atoms with E-state index in [9.17, 15) is 0 Å². The molecular weight excluding hydrogens is 176 g/mol. The fraction of sp³-hybridized carbons (Fsp3) is 0.833. The zero-order chi connectivity index (χ0) is 11.2. The van der Waals surface area contributed by atoms with Gasteiger partial charge in [0.05, 0.1) is 0 Å². The van der Waals surface area contributed by atoms with Gasteiger partial charge in [-0.2, -0.15) is 0 Å². The number of aliphatic hydroxyl groups excluding tert-OH is 2. The molecule has 0 unspecified atom stereocenters. The molecule has 0 fully saturated rings. The summed E-state index contributed by atoms with van der Waals surface area (Å²) < 4.78 is 0. The molecular formula is C12H24O2. The van der Waals surface area contributed by atoms with Gasteiger partial charge in [-0.3, -0.25) is 0 Å². The third kappa shape index (κ3) is 6.17. The molecule has 0 amide bonds. The molecule has 84 valence electrons. The highest BCUT2D eigenvalue weighted by molar-refractivity contribution is 4.90. The van der Waals surface area contributed by atoms with Gasteiger partial charge >= 0.3 is 0 Å². The average Bonchev–Trinajstić information content (AvgIpc) is 2.13. The Morgan fingerprint density at radius 2 is 1.07 bits per heavy atom. The number of hydrogen-bond acceptors (Lipinski definition) is 2. The summed E-state index contributed by atoms with van der Waals surface area (Å²) in [5.74, 6) is 0. The van der Waals surface area contributed by atoms with Gasteiger partial charge in [0, 0.05) is 13.2 Å². The Morgan fingerprint density at radius 3 is 1.29 bits per heavy atom. The van der Waals surface area contributed by atoms with Crippen LogP contribution in [0.2, 0.25) is 0 Å². The lowest BCUT2D eigenvalue weighted by Gasteiger charge is -2.21. The van der Waals surface area contributed by atoms with Gasteiger partial charge in [-0.15, -0.1) is 0 Å². The third-order valence-electron chi connectivity index (χ3n) is 2.36. The van der Waals surface area contributed by atoms with Gasteiger partial charge in [0.15, 0.2) is 0 Å². The van der Waals surface area contributed by atoms with E-state index in [-0.39, 0.29) is 24.0 Å². The molecule has 2 nitrogen and oxygen atoms in total.